The minimum Gasteiger partial charge on any atom is -0.322 e. The minimum absolute atomic E-state index is 0.109. The van der Waals surface area contributed by atoms with E-state index >= 15 is 0 Å². The number of anilines is 1. The van der Waals surface area contributed by atoms with Gasteiger partial charge in [-0.2, -0.15) is 5.26 Å². The number of carbonyl (C=O) groups is 1. The molecule has 1 aromatic rings. The lowest BCUT2D eigenvalue weighted by Gasteiger charge is -2.33. The molecule has 2 rings (SSSR count). The number of hydrogen-bond acceptors (Lipinski definition) is 3. The number of halogens is 1. The second-order valence-corrected chi connectivity index (χ2v) is 4.98. The molecule has 1 aliphatic rings. The summed E-state index contributed by atoms with van der Waals surface area (Å²) in [5.41, 5.74) is -0.311. The molecule has 2 N–H and O–H groups in total. The molecule has 0 radical (unpaired) electrons. The highest BCUT2D eigenvalue weighted by molar-refractivity contribution is 5.98. The highest BCUT2D eigenvalue weighted by Gasteiger charge is 2.34. The number of nitrogens with zero attached hydrogens (tertiary/aromatic N) is 1. The molecule has 0 aliphatic carbocycles. The zero-order valence-corrected chi connectivity index (χ0v) is 10.8. The molecular weight excluding hydrogens is 245 g/mol. The number of piperidine rings is 1. The van der Waals surface area contributed by atoms with Gasteiger partial charge in [0.2, 0.25) is 5.91 Å². The number of amides is 1. The topological polar surface area (TPSA) is 64.9 Å². The lowest BCUT2D eigenvalue weighted by atomic mass is 9.90. The Labute approximate surface area is 111 Å². The maximum atomic E-state index is 13.7. The van der Waals surface area contributed by atoms with Crippen LogP contribution >= 0.6 is 0 Å². The lowest BCUT2D eigenvalue weighted by molar-refractivity contribution is -0.122. The van der Waals surface area contributed by atoms with Gasteiger partial charge in [0.15, 0.2) is 0 Å². The maximum Gasteiger partial charge on any atom is 0.244 e. The molecule has 0 spiro atoms. The summed E-state index contributed by atoms with van der Waals surface area (Å²) in [6.07, 6.45) is 2.76. The first-order valence-corrected chi connectivity index (χ1v) is 6.31. The average Bonchev–Trinajstić information content (AvgIpc) is 2.41. The fourth-order valence-electron chi connectivity index (χ4n) is 2.20. The summed E-state index contributed by atoms with van der Waals surface area (Å²) in [5.74, 6) is -0.831. The fraction of sp³-hybridized carbons (Fsp3) is 0.429. The molecule has 1 atom stereocenters. The number of nitriles is 1. The number of carbonyl (C=O) groups excluding carboxylic acids is 1. The van der Waals surface area contributed by atoms with Gasteiger partial charge in [0, 0.05) is 0 Å². The second-order valence-electron chi connectivity index (χ2n) is 4.98. The summed E-state index contributed by atoms with van der Waals surface area (Å²) in [5, 5.41) is 14.4. The monoisotopic (exact) mass is 261 g/mol. The summed E-state index contributed by atoms with van der Waals surface area (Å²) in [7, 11) is 0. The van der Waals surface area contributed by atoms with Crippen LogP contribution in [0.5, 0.6) is 0 Å². The van der Waals surface area contributed by atoms with Crippen molar-refractivity contribution in [2.24, 2.45) is 0 Å². The van der Waals surface area contributed by atoms with Crippen molar-refractivity contribution in [1.29, 1.82) is 5.26 Å². The van der Waals surface area contributed by atoms with Crippen LogP contribution in [0.15, 0.2) is 18.2 Å². The second kappa shape index (κ2) is 5.37. The highest BCUT2D eigenvalue weighted by atomic mass is 19.1. The van der Waals surface area contributed by atoms with E-state index in [1.807, 2.05) is 13.0 Å². The molecule has 1 amide bonds. The van der Waals surface area contributed by atoms with Crippen molar-refractivity contribution in [3.8, 4) is 6.07 Å². The van der Waals surface area contributed by atoms with E-state index in [1.165, 1.54) is 12.1 Å². The molecule has 1 fully saturated rings. The van der Waals surface area contributed by atoms with Crippen LogP contribution < -0.4 is 10.6 Å². The first kappa shape index (κ1) is 13.5. The lowest BCUT2D eigenvalue weighted by Crippen LogP contribution is -2.54. The van der Waals surface area contributed by atoms with E-state index in [9.17, 15) is 9.18 Å². The molecule has 4 nitrogen and oxygen atoms in total. The number of rotatable bonds is 2. The van der Waals surface area contributed by atoms with E-state index in [2.05, 4.69) is 10.6 Å². The summed E-state index contributed by atoms with van der Waals surface area (Å²) < 4.78 is 13.7. The zero-order valence-electron chi connectivity index (χ0n) is 10.8. The van der Waals surface area contributed by atoms with Crippen LogP contribution in [0, 0.1) is 17.1 Å². The molecule has 1 unspecified atom stereocenters. The summed E-state index contributed by atoms with van der Waals surface area (Å²) in [6.45, 7) is 2.61. The van der Waals surface area contributed by atoms with Gasteiger partial charge in [0.05, 0.1) is 22.9 Å². The van der Waals surface area contributed by atoms with E-state index in [4.69, 9.17) is 5.26 Å². The van der Waals surface area contributed by atoms with Crippen molar-refractivity contribution in [2.75, 3.05) is 11.9 Å². The Balaban J connectivity index is 2.13. The third kappa shape index (κ3) is 2.91. The van der Waals surface area contributed by atoms with E-state index < -0.39 is 11.4 Å². The average molecular weight is 261 g/mol. The Hall–Kier alpha value is -1.93. The predicted octanol–water partition coefficient (Wildman–Crippen LogP) is 2.17. The van der Waals surface area contributed by atoms with Crippen molar-refractivity contribution < 1.29 is 9.18 Å². The summed E-state index contributed by atoms with van der Waals surface area (Å²) >= 11 is 0. The normalized spacial score (nSPS) is 22.6. The molecule has 5 heteroatoms. The Kier molecular flexibility index (Phi) is 3.82. The van der Waals surface area contributed by atoms with E-state index in [-0.39, 0.29) is 17.2 Å². The molecule has 1 aliphatic heterocycles. The van der Waals surface area contributed by atoms with Gasteiger partial charge < -0.3 is 10.6 Å². The molecule has 0 saturated carbocycles. The number of benzene rings is 1. The smallest absolute Gasteiger partial charge is 0.244 e. The van der Waals surface area contributed by atoms with Gasteiger partial charge in [-0.05, 0) is 50.9 Å². The molecule has 1 heterocycles. The van der Waals surface area contributed by atoms with Crippen LogP contribution in [0.1, 0.15) is 31.7 Å². The highest BCUT2D eigenvalue weighted by Crippen LogP contribution is 2.22. The van der Waals surface area contributed by atoms with E-state index in [1.54, 1.807) is 0 Å². The number of hydrogen-bond donors (Lipinski definition) is 2. The van der Waals surface area contributed by atoms with Gasteiger partial charge in [0.1, 0.15) is 5.82 Å². The predicted molar refractivity (Wildman–Crippen MR) is 70.0 cm³/mol. The maximum absolute atomic E-state index is 13.7. The molecule has 1 aromatic carbocycles. The van der Waals surface area contributed by atoms with Crippen LogP contribution in [-0.2, 0) is 4.79 Å². The van der Waals surface area contributed by atoms with Gasteiger partial charge in [0.25, 0.3) is 0 Å². The van der Waals surface area contributed by atoms with Crippen LogP contribution in [0.3, 0.4) is 0 Å². The molecule has 100 valence electrons. The SMILES string of the molecule is CC1(C(=O)Nc2ccc(C#N)cc2F)CCCCN1. The minimum atomic E-state index is -0.654. The largest absolute Gasteiger partial charge is 0.322 e. The summed E-state index contributed by atoms with van der Waals surface area (Å²) in [4.78, 5) is 12.2. The first-order chi connectivity index (χ1) is 9.05. The van der Waals surface area contributed by atoms with E-state index in [0.29, 0.717) is 0 Å². The van der Waals surface area contributed by atoms with Crippen molar-refractivity contribution in [1.82, 2.24) is 5.32 Å². The Morgan fingerprint density at radius 2 is 2.32 bits per heavy atom. The Morgan fingerprint density at radius 3 is 2.89 bits per heavy atom. The molecule has 1 saturated heterocycles. The third-order valence-corrected chi connectivity index (χ3v) is 3.47. The summed E-state index contributed by atoms with van der Waals surface area (Å²) in [6, 6.07) is 5.87. The molecule has 0 aromatic heterocycles. The fourth-order valence-corrected chi connectivity index (χ4v) is 2.20. The van der Waals surface area contributed by atoms with Crippen LogP contribution in [0.25, 0.3) is 0 Å². The van der Waals surface area contributed by atoms with Crippen molar-refractivity contribution in [3.63, 3.8) is 0 Å². The molecule has 19 heavy (non-hydrogen) atoms. The van der Waals surface area contributed by atoms with Gasteiger partial charge in [-0.3, -0.25) is 4.79 Å². The van der Waals surface area contributed by atoms with Gasteiger partial charge in [-0.15, -0.1) is 0 Å². The Morgan fingerprint density at radius 1 is 1.53 bits per heavy atom. The van der Waals surface area contributed by atoms with Crippen molar-refractivity contribution >= 4 is 11.6 Å². The van der Waals surface area contributed by atoms with E-state index in [0.717, 1.165) is 31.9 Å². The standard InChI is InChI=1S/C14H16FN3O/c1-14(6-2-3-7-17-14)13(19)18-12-5-4-10(9-16)8-11(12)15/h4-5,8,17H,2-3,6-7H2,1H3,(H,18,19). The zero-order chi connectivity index (χ0) is 13.9. The first-order valence-electron chi connectivity index (χ1n) is 6.31. The van der Waals surface area contributed by atoms with Crippen molar-refractivity contribution in [2.45, 2.75) is 31.7 Å². The quantitative estimate of drug-likeness (QED) is 0.857. The third-order valence-electron chi connectivity index (χ3n) is 3.47. The molecular formula is C14H16FN3O. The molecule has 0 bridgehead atoms. The Bertz CT molecular complexity index is 530. The van der Waals surface area contributed by atoms with Crippen LogP contribution in [0.4, 0.5) is 10.1 Å². The van der Waals surface area contributed by atoms with Gasteiger partial charge in [-0.1, -0.05) is 0 Å². The van der Waals surface area contributed by atoms with Gasteiger partial charge >= 0.3 is 0 Å². The van der Waals surface area contributed by atoms with Crippen LogP contribution in [-0.4, -0.2) is 18.0 Å². The van der Waals surface area contributed by atoms with Crippen LogP contribution in [0.2, 0.25) is 0 Å². The van der Waals surface area contributed by atoms with Crippen molar-refractivity contribution in [3.05, 3.63) is 29.6 Å². The van der Waals surface area contributed by atoms with Gasteiger partial charge in [-0.25, -0.2) is 4.39 Å². The number of nitrogens with one attached hydrogen (secondary N) is 2.